The zero-order valence-corrected chi connectivity index (χ0v) is 18.2. The summed E-state index contributed by atoms with van der Waals surface area (Å²) < 4.78 is 59.0. The number of nitrogens with zero attached hydrogens (tertiary/aromatic N) is 1. The molecule has 0 fully saturated rings. The fraction of sp³-hybridized carbons (Fsp3) is 0.174. The highest BCUT2D eigenvalue weighted by Gasteiger charge is 2.32. The summed E-state index contributed by atoms with van der Waals surface area (Å²) in [5.41, 5.74) is -1.55. The third-order valence-corrected chi connectivity index (χ3v) is 5.15. The average molecular weight is 497 g/mol. The second-order valence-electron chi connectivity index (χ2n) is 7.09. The monoisotopic (exact) mass is 496 g/mol. The molecule has 0 saturated heterocycles. The number of benzene rings is 2. The fourth-order valence-electron chi connectivity index (χ4n) is 3.22. The number of carbonyl (C=O) groups excluding carboxylic acids is 1. The third kappa shape index (κ3) is 5.63. The first kappa shape index (κ1) is 25.0. The van der Waals surface area contributed by atoms with Crippen LogP contribution in [0, 0.1) is 5.82 Å². The molecule has 3 rings (SSSR count). The number of pyridine rings is 1. The van der Waals surface area contributed by atoms with Crippen LogP contribution in [0.15, 0.2) is 54.6 Å². The molecule has 1 unspecified atom stereocenters. The highest BCUT2D eigenvalue weighted by atomic mass is 35.5. The maximum absolute atomic E-state index is 14.2. The maximum Gasteiger partial charge on any atom is 0.416 e. The molecule has 0 bridgehead atoms. The van der Waals surface area contributed by atoms with E-state index in [9.17, 15) is 32.3 Å². The molecule has 11 heteroatoms. The molecule has 3 aromatic rings. The van der Waals surface area contributed by atoms with E-state index in [-0.39, 0.29) is 33.3 Å². The lowest BCUT2D eigenvalue weighted by atomic mass is 10.0. The Kier molecular flexibility index (Phi) is 7.41. The Morgan fingerprint density at radius 2 is 1.85 bits per heavy atom. The number of methoxy groups -OCH3 is 1. The molecule has 1 amide bonds. The quantitative estimate of drug-likeness (QED) is 0.421. The number of carboxylic acids is 1. The number of hydrogen-bond donors (Lipinski definition) is 2. The number of carboxylic acid groups (broad SMARTS) is 1. The molecule has 178 valence electrons. The summed E-state index contributed by atoms with van der Waals surface area (Å²) in [5.74, 6) is -2.82. The van der Waals surface area contributed by atoms with Gasteiger partial charge in [0.25, 0.3) is 5.91 Å². The molecule has 0 aliphatic heterocycles. The van der Waals surface area contributed by atoms with Crippen molar-refractivity contribution in [1.29, 1.82) is 0 Å². The Morgan fingerprint density at radius 3 is 2.47 bits per heavy atom. The number of halogens is 5. The van der Waals surface area contributed by atoms with E-state index in [4.69, 9.17) is 16.3 Å². The van der Waals surface area contributed by atoms with Gasteiger partial charge >= 0.3 is 12.1 Å². The second kappa shape index (κ2) is 10.1. The molecule has 1 atom stereocenters. The van der Waals surface area contributed by atoms with Crippen LogP contribution in [0.25, 0.3) is 11.3 Å². The van der Waals surface area contributed by atoms with Crippen LogP contribution in [0.1, 0.15) is 34.1 Å². The van der Waals surface area contributed by atoms with Crippen LogP contribution in [0.5, 0.6) is 5.75 Å². The minimum Gasteiger partial charge on any atom is -0.494 e. The van der Waals surface area contributed by atoms with Crippen molar-refractivity contribution in [2.75, 3.05) is 7.11 Å². The molecule has 0 spiro atoms. The van der Waals surface area contributed by atoms with Crippen molar-refractivity contribution in [1.82, 2.24) is 10.3 Å². The van der Waals surface area contributed by atoms with Crippen molar-refractivity contribution in [2.45, 2.75) is 18.6 Å². The van der Waals surface area contributed by atoms with E-state index < -0.39 is 41.9 Å². The van der Waals surface area contributed by atoms with Gasteiger partial charge in [-0.3, -0.25) is 9.59 Å². The third-order valence-electron chi connectivity index (χ3n) is 4.82. The van der Waals surface area contributed by atoms with E-state index in [2.05, 4.69) is 10.3 Å². The minimum atomic E-state index is -4.65. The number of carbonyl (C=O) groups is 2. The summed E-state index contributed by atoms with van der Waals surface area (Å²) in [6.07, 6.45) is -5.26. The summed E-state index contributed by atoms with van der Waals surface area (Å²) in [4.78, 5) is 28.3. The molecule has 0 saturated carbocycles. The first-order chi connectivity index (χ1) is 16.0. The van der Waals surface area contributed by atoms with Gasteiger partial charge in [0, 0.05) is 11.1 Å². The summed E-state index contributed by atoms with van der Waals surface area (Å²) in [7, 11) is 1.27. The number of hydrogen-bond acceptors (Lipinski definition) is 4. The standard InChI is InChI=1S/C23H17ClF4N2O4/c1-34-19-9-8-17(29-21(19)14-10-12(23(26,27)28)6-7-15(14)24)22(33)30-18(11-20(31)32)13-4-2-3-5-16(13)25/h2-10,18H,11H2,1H3,(H,30,33)(H,31,32). The fourth-order valence-corrected chi connectivity index (χ4v) is 3.42. The van der Waals surface area contributed by atoms with Gasteiger partial charge in [0.2, 0.25) is 0 Å². The number of aliphatic carboxylic acids is 1. The molecule has 34 heavy (non-hydrogen) atoms. The Labute approximate surface area is 196 Å². The van der Waals surface area contributed by atoms with E-state index in [1.54, 1.807) is 0 Å². The van der Waals surface area contributed by atoms with Crippen LogP contribution in [0.4, 0.5) is 17.6 Å². The van der Waals surface area contributed by atoms with Crippen molar-refractivity contribution in [3.8, 4) is 17.0 Å². The maximum atomic E-state index is 14.2. The molecule has 2 aromatic carbocycles. The van der Waals surface area contributed by atoms with Gasteiger partial charge in [-0.25, -0.2) is 9.37 Å². The van der Waals surface area contributed by atoms with Crippen molar-refractivity contribution in [3.05, 3.63) is 82.3 Å². The highest BCUT2D eigenvalue weighted by Crippen LogP contribution is 2.38. The molecule has 6 nitrogen and oxygen atoms in total. The number of nitrogens with one attached hydrogen (secondary N) is 1. The van der Waals surface area contributed by atoms with E-state index in [0.29, 0.717) is 0 Å². The van der Waals surface area contributed by atoms with Gasteiger partial charge in [-0.05, 0) is 36.4 Å². The number of amides is 1. The minimum absolute atomic E-state index is 0.0482. The lowest BCUT2D eigenvalue weighted by Crippen LogP contribution is -2.31. The first-order valence-corrected chi connectivity index (χ1v) is 10.1. The van der Waals surface area contributed by atoms with Crippen LogP contribution in [0.3, 0.4) is 0 Å². The topological polar surface area (TPSA) is 88.5 Å². The van der Waals surface area contributed by atoms with Gasteiger partial charge in [-0.15, -0.1) is 0 Å². The molecule has 1 aromatic heterocycles. The molecular formula is C23H17ClF4N2O4. The second-order valence-corrected chi connectivity index (χ2v) is 7.49. The van der Waals surface area contributed by atoms with Crippen molar-refractivity contribution < 1.29 is 37.0 Å². The van der Waals surface area contributed by atoms with Crippen LogP contribution in [-0.2, 0) is 11.0 Å². The normalized spacial score (nSPS) is 12.2. The summed E-state index contributed by atoms with van der Waals surface area (Å²) in [6, 6.07) is 9.30. The van der Waals surface area contributed by atoms with Crippen molar-refractivity contribution in [2.24, 2.45) is 0 Å². The Bertz CT molecular complexity index is 1230. The summed E-state index contributed by atoms with van der Waals surface area (Å²) >= 11 is 6.11. The molecular weight excluding hydrogens is 480 g/mol. The van der Waals surface area contributed by atoms with E-state index >= 15 is 0 Å². The van der Waals surface area contributed by atoms with Gasteiger partial charge in [-0.1, -0.05) is 29.8 Å². The zero-order chi connectivity index (χ0) is 25.0. The summed E-state index contributed by atoms with van der Waals surface area (Å²) in [5, 5.41) is 11.5. The van der Waals surface area contributed by atoms with Crippen LogP contribution >= 0.6 is 11.6 Å². The molecule has 0 aliphatic carbocycles. The first-order valence-electron chi connectivity index (χ1n) is 9.70. The number of aromatic nitrogens is 1. The van der Waals surface area contributed by atoms with E-state index in [1.807, 2.05) is 0 Å². The predicted octanol–water partition coefficient (Wildman–Crippen LogP) is 5.51. The molecule has 0 aliphatic rings. The van der Waals surface area contributed by atoms with Gasteiger partial charge in [-0.2, -0.15) is 13.2 Å². The predicted molar refractivity (Wildman–Crippen MR) is 115 cm³/mol. The Balaban J connectivity index is 2.02. The van der Waals surface area contributed by atoms with E-state index in [1.165, 1.54) is 37.4 Å². The van der Waals surface area contributed by atoms with Gasteiger partial charge in [0.15, 0.2) is 0 Å². The lowest BCUT2D eigenvalue weighted by molar-refractivity contribution is -0.138. The van der Waals surface area contributed by atoms with Crippen LogP contribution < -0.4 is 10.1 Å². The van der Waals surface area contributed by atoms with Gasteiger partial charge in [0.1, 0.15) is 23.0 Å². The van der Waals surface area contributed by atoms with Crippen LogP contribution in [0.2, 0.25) is 5.02 Å². The van der Waals surface area contributed by atoms with Crippen molar-refractivity contribution >= 4 is 23.5 Å². The van der Waals surface area contributed by atoms with Gasteiger partial charge in [0.05, 0.1) is 30.2 Å². The lowest BCUT2D eigenvalue weighted by Gasteiger charge is -2.18. The van der Waals surface area contributed by atoms with Gasteiger partial charge < -0.3 is 15.2 Å². The van der Waals surface area contributed by atoms with E-state index in [0.717, 1.165) is 24.3 Å². The zero-order valence-electron chi connectivity index (χ0n) is 17.5. The number of rotatable bonds is 7. The SMILES string of the molecule is COc1ccc(C(=O)NC(CC(=O)O)c2ccccc2F)nc1-c1cc(C(F)(F)F)ccc1Cl. The molecule has 2 N–H and O–H groups in total. The Hall–Kier alpha value is -3.66. The largest absolute Gasteiger partial charge is 0.494 e. The number of ether oxygens (including phenoxy) is 1. The highest BCUT2D eigenvalue weighted by molar-refractivity contribution is 6.33. The Morgan fingerprint density at radius 1 is 1.15 bits per heavy atom. The summed E-state index contributed by atoms with van der Waals surface area (Å²) in [6.45, 7) is 0. The van der Waals surface area contributed by atoms with Crippen molar-refractivity contribution in [3.63, 3.8) is 0 Å². The molecule has 0 radical (unpaired) electrons. The molecule has 1 heterocycles. The average Bonchev–Trinajstić information content (AvgIpc) is 2.77. The number of alkyl halides is 3. The smallest absolute Gasteiger partial charge is 0.416 e. The van der Waals surface area contributed by atoms with Crippen LogP contribution in [-0.4, -0.2) is 29.1 Å².